The van der Waals surface area contributed by atoms with Crippen LogP contribution in [0.4, 0.5) is 4.39 Å². The molecule has 2 aromatic carbocycles. The molecule has 0 saturated carbocycles. The van der Waals surface area contributed by atoms with Gasteiger partial charge in [0.15, 0.2) is 0 Å². The smallest absolute Gasteiger partial charge is 0.260 e. The highest BCUT2D eigenvalue weighted by molar-refractivity contribution is 7.17. The highest BCUT2D eigenvalue weighted by Gasteiger charge is 2.14. The van der Waals surface area contributed by atoms with E-state index in [1.54, 1.807) is 24.3 Å². The molecule has 0 saturated heterocycles. The van der Waals surface area contributed by atoms with Crippen molar-refractivity contribution in [3.63, 3.8) is 0 Å². The maximum absolute atomic E-state index is 13.1. The molecular weight excluding hydrogens is 394 g/mol. The molecule has 0 aliphatic heterocycles. The van der Waals surface area contributed by atoms with Gasteiger partial charge in [-0.3, -0.25) is 4.79 Å². The van der Waals surface area contributed by atoms with Crippen LogP contribution in [0.3, 0.4) is 0 Å². The van der Waals surface area contributed by atoms with Crippen LogP contribution < -0.4 is 5.56 Å². The molecule has 130 valence electrons. The fraction of sp³-hybridized carbons (Fsp3) is 0.0526. The predicted octanol–water partition coefficient (Wildman–Crippen LogP) is 5.69. The molecule has 2 heterocycles. The molecule has 0 aliphatic rings. The average molecular weight is 405 g/mol. The fourth-order valence-electron chi connectivity index (χ4n) is 2.76. The highest BCUT2D eigenvalue weighted by atomic mass is 35.5. The molecule has 0 bridgehead atoms. The van der Waals surface area contributed by atoms with Crippen molar-refractivity contribution in [3.8, 4) is 11.1 Å². The van der Waals surface area contributed by atoms with Gasteiger partial charge in [0.2, 0.25) is 0 Å². The molecule has 3 nitrogen and oxygen atoms in total. The Morgan fingerprint density at radius 3 is 2.62 bits per heavy atom. The maximum atomic E-state index is 13.1. The topological polar surface area (TPSA) is 45.8 Å². The van der Waals surface area contributed by atoms with Gasteiger partial charge in [-0.15, -0.1) is 11.3 Å². The van der Waals surface area contributed by atoms with Crippen molar-refractivity contribution in [2.75, 3.05) is 0 Å². The SMILES string of the molecule is O=c1[nH]c(Cc2ccc(Cl)cc2Cl)nc2scc(-c3ccc(F)cc3)c12. The Morgan fingerprint density at radius 1 is 1.12 bits per heavy atom. The van der Waals surface area contributed by atoms with E-state index in [9.17, 15) is 9.18 Å². The van der Waals surface area contributed by atoms with Crippen molar-refractivity contribution in [2.24, 2.45) is 0 Å². The maximum Gasteiger partial charge on any atom is 0.260 e. The largest absolute Gasteiger partial charge is 0.310 e. The molecule has 26 heavy (non-hydrogen) atoms. The molecular formula is C19H11Cl2FN2OS. The third-order valence-corrected chi connectivity index (χ3v) is 5.48. The van der Waals surface area contributed by atoms with Gasteiger partial charge < -0.3 is 4.98 Å². The first-order valence-corrected chi connectivity index (χ1v) is 9.35. The lowest BCUT2D eigenvalue weighted by Gasteiger charge is -2.05. The van der Waals surface area contributed by atoms with E-state index >= 15 is 0 Å². The Balaban J connectivity index is 1.76. The minimum atomic E-state index is -0.317. The Bertz CT molecular complexity index is 1170. The molecule has 2 aromatic heterocycles. The van der Waals surface area contributed by atoms with Gasteiger partial charge in [-0.05, 0) is 35.4 Å². The average Bonchev–Trinajstić information content (AvgIpc) is 3.03. The van der Waals surface area contributed by atoms with Gasteiger partial charge in [0.1, 0.15) is 16.5 Å². The van der Waals surface area contributed by atoms with Crippen molar-refractivity contribution in [3.05, 3.63) is 85.4 Å². The summed E-state index contributed by atoms with van der Waals surface area (Å²) in [6, 6.07) is 11.3. The van der Waals surface area contributed by atoms with Crippen LogP contribution >= 0.6 is 34.5 Å². The van der Waals surface area contributed by atoms with E-state index in [-0.39, 0.29) is 11.4 Å². The summed E-state index contributed by atoms with van der Waals surface area (Å²) in [4.78, 5) is 20.6. The van der Waals surface area contributed by atoms with Gasteiger partial charge in [0.25, 0.3) is 5.56 Å². The molecule has 7 heteroatoms. The molecule has 0 spiro atoms. The van der Waals surface area contributed by atoms with Crippen LogP contribution in [-0.4, -0.2) is 9.97 Å². The molecule has 0 fully saturated rings. The second kappa shape index (κ2) is 6.83. The Labute approximate surface area is 162 Å². The molecule has 4 aromatic rings. The number of rotatable bonds is 3. The number of nitrogens with one attached hydrogen (secondary N) is 1. The summed E-state index contributed by atoms with van der Waals surface area (Å²) in [5.74, 6) is 0.210. The molecule has 0 atom stereocenters. The van der Waals surface area contributed by atoms with Gasteiger partial charge in [-0.25, -0.2) is 9.37 Å². The zero-order valence-corrected chi connectivity index (χ0v) is 15.6. The third kappa shape index (κ3) is 3.26. The van der Waals surface area contributed by atoms with Gasteiger partial charge in [0, 0.05) is 27.4 Å². The number of halogens is 3. The number of hydrogen-bond donors (Lipinski definition) is 1. The van der Waals surface area contributed by atoms with Crippen LogP contribution in [0, 0.1) is 5.82 Å². The number of H-pyrrole nitrogens is 1. The number of nitrogens with zero attached hydrogens (tertiary/aromatic N) is 1. The summed E-state index contributed by atoms with van der Waals surface area (Å²) < 4.78 is 13.1. The molecule has 4 rings (SSSR count). The predicted molar refractivity (Wildman–Crippen MR) is 105 cm³/mol. The Hall–Kier alpha value is -2.21. The van der Waals surface area contributed by atoms with Crippen molar-refractivity contribution < 1.29 is 4.39 Å². The number of benzene rings is 2. The number of aromatic amines is 1. The van der Waals surface area contributed by atoms with E-state index in [0.717, 1.165) is 16.7 Å². The van der Waals surface area contributed by atoms with Crippen molar-refractivity contribution >= 4 is 44.8 Å². The van der Waals surface area contributed by atoms with Crippen LogP contribution in [0.5, 0.6) is 0 Å². The number of aromatic nitrogens is 2. The molecule has 1 N–H and O–H groups in total. The van der Waals surface area contributed by atoms with E-state index in [1.165, 1.54) is 23.5 Å². The minimum absolute atomic E-state index is 0.226. The summed E-state index contributed by atoms with van der Waals surface area (Å²) in [7, 11) is 0. The quantitative estimate of drug-likeness (QED) is 0.476. The summed E-state index contributed by atoms with van der Waals surface area (Å²) in [6.07, 6.45) is 0.394. The van der Waals surface area contributed by atoms with Crippen molar-refractivity contribution in [2.45, 2.75) is 6.42 Å². The van der Waals surface area contributed by atoms with Crippen LogP contribution in [0.15, 0.2) is 52.6 Å². The first-order chi connectivity index (χ1) is 12.5. The second-order valence-electron chi connectivity index (χ2n) is 5.76. The summed E-state index contributed by atoms with van der Waals surface area (Å²) in [5.41, 5.74) is 2.12. The lowest BCUT2D eigenvalue weighted by atomic mass is 10.1. The lowest BCUT2D eigenvalue weighted by Crippen LogP contribution is -2.11. The van der Waals surface area contributed by atoms with Gasteiger partial charge in [0.05, 0.1) is 5.39 Å². The zero-order chi connectivity index (χ0) is 18.3. The highest BCUT2D eigenvalue weighted by Crippen LogP contribution is 2.31. The normalized spacial score (nSPS) is 11.2. The first-order valence-electron chi connectivity index (χ1n) is 7.71. The van der Waals surface area contributed by atoms with Gasteiger partial charge in [-0.1, -0.05) is 41.4 Å². The molecule has 0 aliphatic carbocycles. The molecule has 0 radical (unpaired) electrons. The van der Waals surface area contributed by atoms with E-state index in [4.69, 9.17) is 23.2 Å². The number of thiophene rings is 1. The second-order valence-corrected chi connectivity index (χ2v) is 7.46. The summed E-state index contributed by atoms with van der Waals surface area (Å²) in [6.45, 7) is 0. The van der Waals surface area contributed by atoms with E-state index in [2.05, 4.69) is 9.97 Å². The van der Waals surface area contributed by atoms with Crippen molar-refractivity contribution in [1.29, 1.82) is 0 Å². The van der Waals surface area contributed by atoms with E-state index < -0.39 is 0 Å². The monoisotopic (exact) mass is 404 g/mol. The number of fused-ring (bicyclic) bond motifs is 1. The van der Waals surface area contributed by atoms with Crippen molar-refractivity contribution in [1.82, 2.24) is 9.97 Å². The van der Waals surface area contributed by atoms with Crippen LogP contribution in [0.2, 0.25) is 10.0 Å². The minimum Gasteiger partial charge on any atom is -0.310 e. The molecule has 0 amide bonds. The third-order valence-electron chi connectivity index (χ3n) is 4.02. The Morgan fingerprint density at radius 2 is 1.88 bits per heavy atom. The van der Waals surface area contributed by atoms with E-state index in [1.807, 2.05) is 11.4 Å². The molecule has 0 unspecified atom stereocenters. The zero-order valence-electron chi connectivity index (χ0n) is 13.2. The summed E-state index contributed by atoms with van der Waals surface area (Å²) >= 11 is 13.5. The van der Waals surface area contributed by atoms with Gasteiger partial charge >= 0.3 is 0 Å². The Kier molecular flexibility index (Phi) is 4.53. The van der Waals surface area contributed by atoms with Crippen LogP contribution in [0.25, 0.3) is 21.3 Å². The van der Waals surface area contributed by atoms with E-state index in [0.29, 0.717) is 32.5 Å². The lowest BCUT2D eigenvalue weighted by molar-refractivity contribution is 0.628. The first kappa shape index (κ1) is 17.2. The fourth-order valence-corrected chi connectivity index (χ4v) is 4.21. The van der Waals surface area contributed by atoms with Crippen LogP contribution in [-0.2, 0) is 6.42 Å². The standard InChI is InChI=1S/C19H11Cl2FN2OS/c20-12-4-1-11(15(21)8-12)7-16-23-18(25)17-14(9-26-19(17)24-16)10-2-5-13(22)6-3-10/h1-6,8-9H,7H2,(H,23,24,25). The van der Waals surface area contributed by atoms with Crippen LogP contribution in [0.1, 0.15) is 11.4 Å². The van der Waals surface area contributed by atoms with Gasteiger partial charge in [-0.2, -0.15) is 0 Å². The summed E-state index contributed by atoms with van der Waals surface area (Å²) in [5, 5.41) is 3.45. The number of hydrogen-bond acceptors (Lipinski definition) is 3.